The maximum Gasteiger partial charge on any atom is 0.340 e. The minimum absolute atomic E-state index is 0.0259. The van der Waals surface area contributed by atoms with Gasteiger partial charge in [0.05, 0.1) is 37.6 Å². The Morgan fingerprint density at radius 2 is 1.62 bits per heavy atom. The molecule has 2 aromatic carbocycles. The van der Waals surface area contributed by atoms with Crippen LogP contribution in [0, 0.1) is 0 Å². The van der Waals surface area contributed by atoms with Crippen LogP contribution in [-0.2, 0) is 14.8 Å². The van der Waals surface area contributed by atoms with Crippen LogP contribution in [0.15, 0.2) is 35.2 Å². The lowest BCUT2D eigenvalue weighted by Gasteiger charge is -2.16. The van der Waals surface area contributed by atoms with E-state index in [1.807, 2.05) is 0 Å². The van der Waals surface area contributed by atoms with Crippen molar-refractivity contribution in [1.82, 2.24) is 0 Å². The summed E-state index contributed by atoms with van der Waals surface area (Å²) in [5.41, 5.74) is -0.127. The molecule has 0 fully saturated rings. The van der Waals surface area contributed by atoms with Crippen molar-refractivity contribution < 1.29 is 27.4 Å². The highest BCUT2D eigenvalue weighted by Gasteiger charge is 2.24. The van der Waals surface area contributed by atoms with E-state index < -0.39 is 16.0 Å². The van der Waals surface area contributed by atoms with Gasteiger partial charge in [-0.05, 0) is 18.2 Å². The van der Waals surface area contributed by atoms with Gasteiger partial charge in [-0.1, -0.05) is 23.2 Å². The summed E-state index contributed by atoms with van der Waals surface area (Å²) in [6, 6.07) is 6.63. The van der Waals surface area contributed by atoms with Gasteiger partial charge in [-0.15, -0.1) is 0 Å². The Bertz CT molecular complexity index is 946. The van der Waals surface area contributed by atoms with E-state index in [9.17, 15) is 13.2 Å². The lowest BCUT2D eigenvalue weighted by Crippen LogP contribution is -2.17. The van der Waals surface area contributed by atoms with Gasteiger partial charge in [0, 0.05) is 17.2 Å². The molecule has 0 saturated carbocycles. The first-order chi connectivity index (χ1) is 12.2. The maximum absolute atomic E-state index is 12.7. The summed E-state index contributed by atoms with van der Waals surface area (Å²) in [6.07, 6.45) is 0. The van der Waals surface area contributed by atoms with Crippen LogP contribution in [0.3, 0.4) is 0 Å². The Balaban J connectivity index is 2.60. The Morgan fingerprint density at radius 1 is 1.00 bits per heavy atom. The number of carbonyl (C=O) groups is 1. The van der Waals surface area contributed by atoms with Crippen molar-refractivity contribution in [3.05, 3.63) is 45.9 Å². The molecule has 10 heteroatoms. The fourth-order valence-electron chi connectivity index (χ4n) is 2.13. The Morgan fingerprint density at radius 3 is 2.19 bits per heavy atom. The van der Waals surface area contributed by atoms with Crippen molar-refractivity contribution in [1.29, 1.82) is 0 Å². The number of rotatable bonds is 6. The van der Waals surface area contributed by atoms with E-state index in [1.165, 1.54) is 51.7 Å². The first-order valence-corrected chi connectivity index (χ1v) is 9.29. The van der Waals surface area contributed by atoms with Gasteiger partial charge in [0.25, 0.3) is 10.0 Å². The van der Waals surface area contributed by atoms with Crippen molar-refractivity contribution in [2.45, 2.75) is 4.90 Å². The SMILES string of the molecule is COC(=O)c1cc(OC)c(OC)cc1NS(=O)(=O)c1cc(Cl)ccc1Cl. The summed E-state index contributed by atoms with van der Waals surface area (Å²) in [5.74, 6) is -0.312. The van der Waals surface area contributed by atoms with Gasteiger partial charge >= 0.3 is 5.97 Å². The number of methoxy groups -OCH3 is 3. The molecule has 26 heavy (non-hydrogen) atoms. The number of carbonyl (C=O) groups excluding carboxylic acids is 1. The minimum atomic E-state index is -4.15. The maximum atomic E-state index is 12.7. The predicted octanol–water partition coefficient (Wildman–Crippen LogP) is 3.60. The molecule has 0 bridgehead atoms. The number of hydrogen-bond donors (Lipinski definition) is 1. The van der Waals surface area contributed by atoms with E-state index in [1.54, 1.807) is 0 Å². The van der Waals surface area contributed by atoms with Crippen LogP contribution in [0.1, 0.15) is 10.4 Å². The van der Waals surface area contributed by atoms with Crippen molar-refractivity contribution >= 4 is 44.9 Å². The number of halogens is 2. The number of hydrogen-bond acceptors (Lipinski definition) is 6. The Kier molecular flexibility index (Phi) is 6.22. The molecule has 0 aliphatic rings. The van der Waals surface area contributed by atoms with Gasteiger partial charge in [-0.25, -0.2) is 13.2 Å². The second kappa shape index (κ2) is 8.03. The highest BCUT2D eigenvalue weighted by Crippen LogP contribution is 2.35. The highest BCUT2D eigenvalue weighted by atomic mass is 35.5. The zero-order chi connectivity index (χ0) is 19.5. The lowest BCUT2D eigenvalue weighted by atomic mass is 10.1. The van der Waals surface area contributed by atoms with Crippen molar-refractivity contribution in [2.24, 2.45) is 0 Å². The number of nitrogens with one attached hydrogen (secondary N) is 1. The highest BCUT2D eigenvalue weighted by molar-refractivity contribution is 7.92. The second-order valence-electron chi connectivity index (χ2n) is 4.92. The van der Waals surface area contributed by atoms with E-state index in [0.717, 1.165) is 0 Å². The predicted molar refractivity (Wildman–Crippen MR) is 98.2 cm³/mol. The van der Waals surface area contributed by atoms with Gasteiger partial charge in [-0.3, -0.25) is 4.72 Å². The van der Waals surface area contributed by atoms with Crippen LogP contribution in [0.5, 0.6) is 11.5 Å². The molecule has 140 valence electrons. The summed E-state index contributed by atoms with van der Waals surface area (Å²) in [7, 11) is -0.214. The smallest absolute Gasteiger partial charge is 0.340 e. The molecule has 0 aliphatic heterocycles. The molecule has 0 saturated heterocycles. The third-order valence-electron chi connectivity index (χ3n) is 3.36. The topological polar surface area (TPSA) is 90.9 Å². The van der Waals surface area contributed by atoms with E-state index in [4.69, 9.17) is 37.4 Å². The molecule has 2 rings (SSSR count). The molecule has 1 N–H and O–H groups in total. The van der Waals surface area contributed by atoms with Crippen LogP contribution in [0.4, 0.5) is 5.69 Å². The monoisotopic (exact) mass is 419 g/mol. The standard InChI is InChI=1S/C16H15Cl2NO6S/c1-23-13-7-10(16(20)25-3)12(8-14(13)24-2)19-26(21,22)15-6-9(17)4-5-11(15)18/h4-8,19H,1-3H3. The normalized spacial score (nSPS) is 11.0. The average molecular weight is 420 g/mol. The number of benzene rings is 2. The van der Waals surface area contributed by atoms with Crippen molar-refractivity contribution in [2.75, 3.05) is 26.1 Å². The molecule has 0 radical (unpaired) electrons. The Hall–Kier alpha value is -2.16. The summed E-state index contributed by atoms with van der Waals surface area (Å²) in [5, 5.41) is 0.164. The zero-order valence-electron chi connectivity index (χ0n) is 14.0. The van der Waals surface area contributed by atoms with Crippen LogP contribution < -0.4 is 14.2 Å². The number of anilines is 1. The van der Waals surface area contributed by atoms with Gasteiger partial charge in [0.15, 0.2) is 11.5 Å². The molecule has 7 nitrogen and oxygen atoms in total. The average Bonchev–Trinajstić information content (AvgIpc) is 2.62. The van der Waals surface area contributed by atoms with E-state index in [0.29, 0.717) is 0 Å². The van der Waals surface area contributed by atoms with E-state index in [2.05, 4.69) is 4.72 Å². The minimum Gasteiger partial charge on any atom is -0.493 e. The van der Waals surface area contributed by atoms with E-state index in [-0.39, 0.29) is 37.7 Å². The number of ether oxygens (including phenoxy) is 3. The summed E-state index contributed by atoms with van der Waals surface area (Å²) in [4.78, 5) is 11.8. The lowest BCUT2D eigenvalue weighted by molar-refractivity contribution is 0.0601. The number of sulfonamides is 1. The largest absolute Gasteiger partial charge is 0.493 e. The van der Waals surface area contributed by atoms with Crippen molar-refractivity contribution in [3.63, 3.8) is 0 Å². The molecule has 0 aromatic heterocycles. The van der Waals surface area contributed by atoms with Gasteiger partial charge in [-0.2, -0.15) is 0 Å². The van der Waals surface area contributed by atoms with Gasteiger partial charge < -0.3 is 14.2 Å². The van der Waals surface area contributed by atoms with Gasteiger partial charge in [0.1, 0.15) is 4.90 Å². The molecule has 0 atom stereocenters. The number of esters is 1. The first-order valence-electron chi connectivity index (χ1n) is 7.05. The second-order valence-corrected chi connectivity index (χ2v) is 7.42. The molecular formula is C16H15Cl2NO6S. The van der Waals surface area contributed by atoms with Crippen LogP contribution in [-0.4, -0.2) is 35.7 Å². The van der Waals surface area contributed by atoms with Gasteiger partial charge in [0.2, 0.25) is 0 Å². The molecular weight excluding hydrogens is 405 g/mol. The molecule has 0 amide bonds. The van der Waals surface area contributed by atoms with Crippen LogP contribution >= 0.6 is 23.2 Å². The Labute approximate surface area is 160 Å². The van der Waals surface area contributed by atoms with Crippen LogP contribution in [0.25, 0.3) is 0 Å². The third kappa shape index (κ3) is 4.14. The molecule has 0 spiro atoms. The quantitative estimate of drug-likeness (QED) is 0.719. The summed E-state index contributed by atoms with van der Waals surface area (Å²) < 4.78 is 42.7. The van der Waals surface area contributed by atoms with Crippen LogP contribution in [0.2, 0.25) is 10.0 Å². The fourth-order valence-corrected chi connectivity index (χ4v) is 3.96. The molecule has 0 unspecified atom stereocenters. The third-order valence-corrected chi connectivity index (χ3v) is 5.44. The molecule has 0 heterocycles. The summed E-state index contributed by atoms with van der Waals surface area (Å²) >= 11 is 11.8. The fraction of sp³-hybridized carbons (Fsp3) is 0.188. The van der Waals surface area contributed by atoms with Crippen molar-refractivity contribution in [3.8, 4) is 11.5 Å². The molecule has 0 aliphatic carbocycles. The van der Waals surface area contributed by atoms with E-state index >= 15 is 0 Å². The first kappa shape index (κ1) is 20.2. The molecule has 2 aromatic rings. The summed E-state index contributed by atoms with van der Waals surface area (Å²) in [6.45, 7) is 0. The zero-order valence-corrected chi connectivity index (χ0v) is 16.3.